The Morgan fingerprint density at radius 1 is 1.29 bits per heavy atom. The molecule has 1 aromatic carbocycles. The van der Waals surface area contributed by atoms with Crippen LogP contribution in [0, 0.1) is 0 Å². The third-order valence-corrected chi connectivity index (χ3v) is 4.10. The second-order valence-corrected chi connectivity index (χ2v) is 6.14. The highest BCUT2D eigenvalue weighted by atomic mass is 16.3. The van der Waals surface area contributed by atoms with E-state index in [1.165, 1.54) is 6.92 Å². The van der Waals surface area contributed by atoms with Gasteiger partial charge in [-0.25, -0.2) is 0 Å². The molecule has 2 atom stereocenters. The number of carbonyl (C=O) groups is 2. The lowest BCUT2D eigenvalue weighted by molar-refractivity contribution is -0.120. The second kappa shape index (κ2) is 7.59. The van der Waals surface area contributed by atoms with Crippen LogP contribution in [0.2, 0.25) is 0 Å². The molecule has 2 rings (SSSR count). The fraction of sp³-hybridized carbons (Fsp3) is 0.444. The van der Waals surface area contributed by atoms with Gasteiger partial charge >= 0.3 is 0 Å². The molecule has 0 spiro atoms. The number of Topliss-reactive ketones (excluding diaryl/α,β-unsaturated/α-hetero) is 1. The van der Waals surface area contributed by atoms with E-state index in [0.717, 1.165) is 0 Å². The zero-order chi connectivity index (χ0) is 17.9. The molecule has 0 saturated heterocycles. The van der Waals surface area contributed by atoms with Gasteiger partial charge in [0.15, 0.2) is 11.5 Å². The normalized spacial score (nSPS) is 13.9. The van der Waals surface area contributed by atoms with Crippen LogP contribution in [0.15, 0.2) is 28.7 Å². The zero-order valence-corrected chi connectivity index (χ0v) is 14.5. The molecule has 0 saturated carbocycles. The molecule has 2 N–H and O–H groups in total. The van der Waals surface area contributed by atoms with E-state index in [1.807, 2.05) is 30.1 Å². The van der Waals surface area contributed by atoms with Gasteiger partial charge in [-0.1, -0.05) is 12.1 Å². The number of hydrogen-bond donors (Lipinski definition) is 2. The number of para-hydroxylation sites is 1. The molecule has 0 aliphatic heterocycles. The Kier molecular flexibility index (Phi) is 5.75. The number of carbonyl (C=O) groups excluding carboxylic acids is 2. The molecule has 0 radical (unpaired) electrons. The van der Waals surface area contributed by atoms with Gasteiger partial charge in [0.2, 0.25) is 5.91 Å². The van der Waals surface area contributed by atoms with Crippen molar-refractivity contribution in [2.75, 3.05) is 18.9 Å². The highest BCUT2D eigenvalue weighted by molar-refractivity contribution is 6.11. The van der Waals surface area contributed by atoms with Gasteiger partial charge < -0.3 is 14.8 Å². The fourth-order valence-electron chi connectivity index (χ4n) is 2.43. The number of aliphatic hydroxyl groups excluding tert-OH is 1. The Hall–Kier alpha value is -2.18. The molecule has 130 valence electrons. The smallest absolute Gasteiger partial charge is 0.241 e. The molecule has 6 nitrogen and oxygen atoms in total. The number of nitrogens with one attached hydrogen (secondary N) is 1. The average Bonchev–Trinajstić information content (AvgIpc) is 2.90. The molecular formula is C18H24N2O4. The lowest BCUT2D eigenvalue weighted by Crippen LogP contribution is -2.40. The summed E-state index contributed by atoms with van der Waals surface area (Å²) in [6.45, 7) is 5.51. The van der Waals surface area contributed by atoms with Crippen LogP contribution in [0.25, 0.3) is 11.0 Å². The van der Waals surface area contributed by atoms with Crippen molar-refractivity contribution >= 4 is 28.3 Å². The lowest BCUT2D eigenvalue weighted by Gasteiger charge is -2.24. The van der Waals surface area contributed by atoms with Crippen LogP contribution in [-0.4, -0.2) is 47.4 Å². The van der Waals surface area contributed by atoms with Crippen molar-refractivity contribution in [1.82, 2.24) is 4.90 Å². The van der Waals surface area contributed by atoms with E-state index < -0.39 is 12.1 Å². The SMILES string of the molecule is CC(=O)c1oc2ccccc2c1NC(=O)C(C)N(C)CCC(C)O. The van der Waals surface area contributed by atoms with Crippen molar-refractivity contribution in [3.05, 3.63) is 30.0 Å². The molecule has 6 heteroatoms. The number of fused-ring (bicyclic) bond motifs is 1. The van der Waals surface area contributed by atoms with E-state index >= 15 is 0 Å². The van der Waals surface area contributed by atoms with E-state index in [9.17, 15) is 14.7 Å². The van der Waals surface area contributed by atoms with Crippen LogP contribution in [0.4, 0.5) is 5.69 Å². The first-order valence-corrected chi connectivity index (χ1v) is 8.03. The molecule has 0 bridgehead atoms. The number of benzene rings is 1. The maximum atomic E-state index is 12.5. The largest absolute Gasteiger partial charge is 0.451 e. The van der Waals surface area contributed by atoms with E-state index in [0.29, 0.717) is 29.6 Å². The predicted octanol–water partition coefficient (Wildman–Crippen LogP) is 2.67. The Balaban J connectivity index is 2.20. The zero-order valence-electron chi connectivity index (χ0n) is 14.5. The van der Waals surface area contributed by atoms with Crippen LogP contribution in [0.3, 0.4) is 0 Å². The van der Waals surface area contributed by atoms with Gasteiger partial charge in [-0.3, -0.25) is 14.5 Å². The third kappa shape index (κ3) is 4.01. The van der Waals surface area contributed by atoms with Crippen LogP contribution in [0.1, 0.15) is 37.7 Å². The summed E-state index contributed by atoms with van der Waals surface area (Å²) in [5.41, 5.74) is 0.979. The van der Waals surface area contributed by atoms with E-state index in [1.54, 1.807) is 19.9 Å². The number of hydrogen-bond acceptors (Lipinski definition) is 5. The lowest BCUT2D eigenvalue weighted by atomic mass is 10.1. The molecule has 1 heterocycles. The summed E-state index contributed by atoms with van der Waals surface area (Å²) in [7, 11) is 1.83. The van der Waals surface area contributed by atoms with E-state index in [4.69, 9.17) is 4.42 Å². The second-order valence-electron chi connectivity index (χ2n) is 6.14. The summed E-state index contributed by atoms with van der Waals surface area (Å²) in [6.07, 6.45) is 0.173. The van der Waals surface area contributed by atoms with Crippen molar-refractivity contribution in [1.29, 1.82) is 0 Å². The minimum Gasteiger partial charge on any atom is -0.451 e. The minimum absolute atomic E-state index is 0.156. The number of amides is 1. The number of furan rings is 1. The van der Waals surface area contributed by atoms with Crippen molar-refractivity contribution in [3.8, 4) is 0 Å². The Bertz CT molecular complexity index is 736. The van der Waals surface area contributed by atoms with Crippen LogP contribution < -0.4 is 5.32 Å². The van der Waals surface area contributed by atoms with Crippen LogP contribution >= 0.6 is 0 Å². The molecule has 0 fully saturated rings. The van der Waals surface area contributed by atoms with Gasteiger partial charge in [-0.2, -0.15) is 0 Å². The van der Waals surface area contributed by atoms with E-state index in [-0.39, 0.29) is 17.5 Å². The molecule has 2 unspecified atom stereocenters. The summed E-state index contributed by atoms with van der Waals surface area (Å²) in [5.74, 6) is -0.308. The molecule has 1 aromatic heterocycles. The van der Waals surface area contributed by atoms with Crippen molar-refractivity contribution in [2.24, 2.45) is 0 Å². The maximum Gasteiger partial charge on any atom is 0.241 e. The summed E-state index contributed by atoms with van der Waals surface area (Å²) < 4.78 is 5.57. The summed E-state index contributed by atoms with van der Waals surface area (Å²) in [4.78, 5) is 26.2. The molecule has 0 aliphatic rings. The number of nitrogens with zero attached hydrogens (tertiary/aromatic N) is 1. The average molecular weight is 332 g/mol. The first kappa shape index (κ1) is 18.2. The predicted molar refractivity (Wildman–Crippen MR) is 93.2 cm³/mol. The number of aliphatic hydroxyl groups is 1. The number of rotatable bonds is 7. The summed E-state index contributed by atoms with van der Waals surface area (Å²) in [5, 5.41) is 12.9. The Morgan fingerprint density at radius 3 is 2.58 bits per heavy atom. The highest BCUT2D eigenvalue weighted by Gasteiger charge is 2.23. The number of anilines is 1. The van der Waals surface area contributed by atoms with Crippen LogP contribution in [-0.2, 0) is 4.79 Å². The molecular weight excluding hydrogens is 308 g/mol. The Morgan fingerprint density at radius 2 is 1.96 bits per heavy atom. The maximum absolute atomic E-state index is 12.5. The highest BCUT2D eigenvalue weighted by Crippen LogP contribution is 2.31. The van der Waals surface area contributed by atoms with Crippen molar-refractivity contribution in [2.45, 2.75) is 39.3 Å². The fourth-order valence-corrected chi connectivity index (χ4v) is 2.43. The quantitative estimate of drug-likeness (QED) is 0.762. The topological polar surface area (TPSA) is 82.8 Å². The summed E-state index contributed by atoms with van der Waals surface area (Å²) in [6, 6.07) is 6.80. The van der Waals surface area contributed by atoms with Crippen molar-refractivity contribution < 1.29 is 19.1 Å². The van der Waals surface area contributed by atoms with Gasteiger partial charge in [0, 0.05) is 18.9 Å². The molecule has 0 aliphatic carbocycles. The first-order valence-electron chi connectivity index (χ1n) is 8.03. The Labute approximate surface area is 141 Å². The molecule has 2 aromatic rings. The van der Waals surface area contributed by atoms with Gasteiger partial charge in [-0.05, 0) is 39.4 Å². The van der Waals surface area contributed by atoms with E-state index in [2.05, 4.69) is 5.32 Å². The summed E-state index contributed by atoms with van der Waals surface area (Å²) >= 11 is 0. The van der Waals surface area contributed by atoms with Crippen LogP contribution in [0.5, 0.6) is 0 Å². The van der Waals surface area contributed by atoms with Gasteiger partial charge in [0.1, 0.15) is 5.58 Å². The molecule has 1 amide bonds. The first-order chi connectivity index (χ1) is 11.3. The number of likely N-dealkylation sites (N-methyl/N-ethyl adjacent to an activating group) is 1. The number of ketones is 1. The monoisotopic (exact) mass is 332 g/mol. The standard InChI is InChI=1S/C18H24N2O4/c1-11(21)9-10-20(4)12(2)18(23)19-16-14-7-5-6-8-15(14)24-17(16)13(3)22/h5-8,11-12,21H,9-10H2,1-4H3,(H,19,23). The molecule has 24 heavy (non-hydrogen) atoms. The van der Waals surface area contributed by atoms with Gasteiger partial charge in [0.25, 0.3) is 0 Å². The third-order valence-electron chi connectivity index (χ3n) is 4.10. The van der Waals surface area contributed by atoms with Gasteiger partial charge in [0.05, 0.1) is 17.8 Å². The van der Waals surface area contributed by atoms with Crippen molar-refractivity contribution in [3.63, 3.8) is 0 Å². The minimum atomic E-state index is -0.412. The van der Waals surface area contributed by atoms with Gasteiger partial charge in [-0.15, -0.1) is 0 Å².